The van der Waals surface area contributed by atoms with Crippen molar-refractivity contribution in [1.82, 2.24) is 0 Å². The molecular formula is C17H13FN2O5. The molecule has 0 bridgehead atoms. The number of rotatable bonds is 5. The number of esters is 1. The van der Waals surface area contributed by atoms with Crippen molar-refractivity contribution < 1.29 is 23.6 Å². The zero-order valence-electron chi connectivity index (χ0n) is 13.1. The summed E-state index contributed by atoms with van der Waals surface area (Å²) in [6, 6.07) is 9.18. The third kappa shape index (κ3) is 5.24. The van der Waals surface area contributed by atoms with E-state index >= 15 is 0 Å². The van der Waals surface area contributed by atoms with Crippen LogP contribution >= 0.6 is 0 Å². The number of carbonyl (C=O) groups is 2. The van der Waals surface area contributed by atoms with Gasteiger partial charge in [0.25, 0.3) is 0 Å². The lowest BCUT2D eigenvalue weighted by atomic mass is 10.2. The summed E-state index contributed by atoms with van der Waals surface area (Å²) < 4.78 is 18.0. The van der Waals surface area contributed by atoms with Crippen molar-refractivity contribution in [3.8, 4) is 5.75 Å². The number of nitro benzene ring substituents is 1. The predicted octanol–water partition coefficient (Wildman–Crippen LogP) is 3.31. The molecule has 2 aromatic rings. The molecule has 0 saturated heterocycles. The Morgan fingerprint density at radius 2 is 1.88 bits per heavy atom. The van der Waals surface area contributed by atoms with Gasteiger partial charge in [-0.3, -0.25) is 14.9 Å². The lowest BCUT2D eigenvalue weighted by molar-refractivity contribution is -0.385. The van der Waals surface area contributed by atoms with Crippen LogP contribution in [0.15, 0.2) is 48.5 Å². The Morgan fingerprint density at radius 3 is 2.48 bits per heavy atom. The first-order valence-electron chi connectivity index (χ1n) is 7.06. The highest BCUT2D eigenvalue weighted by atomic mass is 19.1. The molecule has 8 heteroatoms. The zero-order chi connectivity index (χ0) is 18.4. The van der Waals surface area contributed by atoms with E-state index in [9.17, 15) is 24.1 Å². The molecule has 0 atom stereocenters. The van der Waals surface area contributed by atoms with Crippen LogP contribution in [0.3, 0.4) is 0 Å². The van der Waals surface area contributed by atoms with Gasteiger partial charge in [0.05, 0.1) is 4.92 Å². The number of nitro groups is 1. The van der Waals surface area contributed by atoms with Crippen LogP contribution in [0.1, 0.15) is 12.5 Å². The summed E-state index contributed by atoms with van der Waals surface area (Å²) >= 11 is 0. The van der Waals surface area contributed by atoms with Gasteiger partial charge >= 0.3 is 11.7 Å². The topological polar surface area (TPSA) is 98.5 Å². The van der Waals surface area contributed by atoms with E-state index < -0.39 is 28.1 Å². The summed E-state index contributed by atoms with van der Waals surface area (Å²) in [5, 5.41) is 13.4. The van der Waals surface area contributed by atoms with Crippen LogP contribution in [0, 0.1) is 15.9 Å². The van der Waals surface area contributed by atoms with Crippen LogP contribution < -0.4 is 10.1 Å². The van der Waals surface area contributed by atoms with E-state index in [1.807, 2.05) is 0 Å². The largest absolute Gasteiger partial charge is 0.416 e. The molecule has 0 radical (unpaired) electrons. The smallest absolute Gasteiger partial charge is 0.336 e. The van der Waals surface area contributed by atoms with Gasteiger partial charge in [0, 0.05) is 30.8 Å². The number of amides is 1. The fourth-order valence-corrected chi connectivity index (χ4v) is 1.91. The van der Waals surface area contributed by atoms with Crippen molar-refractivity contribution in [3.63, 3.8) is 0 Å². The molecule has 0 aliphatic rings. The standard InChI is InChI=1S/C17H13FN2O5/c1-11(21)19-14-6-2-12(3-7-14)4-9-17(22)25-16-10-13(18)5-8-15(16)20(23)24/h2-10H,1H3,(H,19,21)/b9-4+. The van der Waals surface area contributed by atoms with E-state index in [4.69, 9.17) is 4.74 Å². The molecule has 0 fully saturated rings. The highest BCUT2D eigenvalue weighted by molar-refractivity contribution is 5.90. The first-order chi connectivity index (χ1) is 11.8. The Bertz CT molecular complexity index is 847. The third-order valence-corrected chi connectivity index (χ3v) is 2.97. The molecule has 0 heterocycles. The maximum absolute atomic E-state index is 13.2. The summed E-state index contributed by atoms with van der Waals surface area (Å²) in [5.74, 6) is -2.32. The molecular weight excluding hydrogens is 331 g/mol. The maximum atomic E-state index is 13.2. The van der Waals surface area contributed by atoms with Gasteiger partial charge in [-0.25, -0.2) is 9.18 Å². The molecule has 0 spiro atoms. The molecule has 128 valence electrons. The van der Waals surface area contributed by atoms with E-state index in [0.717, 1.165) is 24.3 Å². The van der Waals surface area contributed by atoms with E-state index in [0.29, 0.717) is 11.3 Å². The monoisotopic (exact) mass is 344 g/mol. The number of ether oxygens (including phenoxy) is 1. The van der Waals surface area contributed by atoms with Gasteiger partial charge in [-0.1, -0.05) is 12.1 Å². The molecule has 0 aliphatic heterocycles. The van der Waals surface area contributed by atoms with E-state index in [-0.39, 0.29) is 5.91 Å². The van der Waals surface area contributed by atoms with Gasteiger partial charge in [0.2, 0.25) is 11.7 Å². The highest BCUT2D eigenvalue weighted by Crippen LogP contribution is 2.27. The number of halogens is 1. The minimum Gasteiger partial charge on any atom is -0.416 e. The summed E-state index contributed by atoms with van der Waals surface area (Å²) in [5.41, 5.74) is 0.727. The fraction of sp³-hybridized carbons (Fsp3) is 0.0588. The third-order valence-electron chi connectivity index (χ3n) is 2.97. The summed E-state index contributed by atoms with van der Waals surface area (Å²) in [4.78, 5) is 32.8. The van der Waals surface area contributed by atoms with Gasteiger partial charge in [-0.05, 0) is 29.8 Å². The Morgan fingerprint density at radius 1 is 1.20 bits per heavy atom. The minimum absolute atomic E-state index is 0.205. The van der Waals surface area contributed by atoms with Crippen molar-refractivity contribution in [3.05, 3.63) is 70.0 Å². The van der Waals surface area contributed by atoms with Crippen molar-refractivity contribution in [1.29, 1.82) is 0 Å². The van der Waals surface area contributed by atoms with Gasteiger partial charge in [-0.2, -0.15) is 0 Å². The average molecular weight is 344 g/mol. The lowest BCUT2D eigenvalue weighted by Gasteiger charge is -2.03. The number of nitrogens with zero attached hydrogens (tertiary/aromatic N) is 1. The Hall–Kier alpha value is -3.55. The second kappa shape index (κ2) is 7.82. The van der Waals surface area contributed by atoms with E-state index in [2.05, 4.69) is 5.32 Å². The molecule has 1 N–H and O–H groups in total. The van der Waals surface area contributed by atoms with Gasteiger partial charge in [0.15, 0.2) is 0 Å². The number of nitrogens with one attached hydrogen (secondary N) is 1. The second-order valence-electron chi connectivity index (χ2n) is 4.93. The molecule has 2 rings (SSSR count). The molecule has 0 saturated carbocycles. The predicted molar refractivity (Wildman–Crippen MR) is 88.5 cm³/mol. The second-order valence-corrected chi connectivity index (χ2v) is 4.93. The molecule has 1 amide bonds. The summed E-state index contributed by atoms with van der Waals surface area (Å²) in [7, 11) is 0. The molecule has 25 heavy (non-hydrogen) atoms. The van der Waals surface area contributed by atoms with Crippen LogP contribution in [0.25, 0.3) is 6.08 Å². The molecule has 0 aliphatic carbocycles. The van der Waals surface area contributed by atoms with Crippen molar-refractivity contribution >= 4 is 29.3 Å². The van der Waals surface area contributed by atoms with Crippen LogP contribution in [-0.4, -0.2) is 16.8 Å². The normalized spacial score (nSPS) is 10.5. The number of carbonyl (C=O) groups excluding carboxylic acids is 2. The van der Waals surface area contributed by atoms with Crippen molar-refractivity contribution in [2.75, 3.05) is 5.32 Å². The van der Waals surface area contributed by atoms with Crippen LogP contribution in [-0.2, 0) is 9.59 Å². The zero-order valence-corrected chi connectivity index (χ0v) is 13.1. The van der Waals surface area contributed by atoms with Gasteiger partial charge in [-0.15, -0.1) is 0 Å². The van der Waals surface area contributed by atoms with E-state index in [1.165, 1.54) is 13.0 Å². The number of anilines is 1. The van der Waals surface area contributed by atoms with Crippen LogP contribution in [0.4, 0.5) is 15.8 Å². The van der Waals surface area contributed by atoms with Gasteiger partial charge in [0.1, 0.15) is 5.82 Å². The molecule has 7 nitrogen and oxygen atoms in total. The Balaban J connectivity index is 2.07. The molecule has 2 aromatic carbocycles. The van der Waals surface area contributed by atoms with Crippen molar-refractivity contribution in [2.24, 2.45) is 0 Å². The summed E-state index contributed by atoms with van der Waals surface area (Å²) in [6.07, 6.45) is 2.48. The van der Waals surface area contributed by atoms with E-state index in [1.54, 1.807) is 24.3 Å². The maximum Gasteiger partial charge on any atom is 0.336 e. The van der Waals surface area contributed by atoms with Crippen LogP contribution in [0.5, 0.6) is 5.75 Å². The first kappa shape index (κ1) is 17.8. The number of hydrogen-bond donors (Lipinski definition) is 1. The molecule has 0 unspecified atom stereocenters. The van der Waals surface area contributed by atoms with Gasteiger partial charge < -0.3 is 10.1 Å². The minimum atomic E-state index is -0.889. The highest BCUT2D eigenvalue weighted by Gasteiger charge is 2.17. The SMILES string of the molecule is CC(=O)Nc1ccc(/C=C/C(=O)Oc2cc(F)ccc2[N+](=O)[O-])cc1. The molecule has 0 aromatic heterocycles. The number of benzene rings is 2. The van der Waals surface area contributed by atoms with Crippen molar-refractivity contribution in [2.45, 2.75) is 6.92 Å². The number of hydrogen-bond acceptors (Lipinski definition) is 5. The first-order valence-corrected chi connectivity index (χ1v) is 7.06. The Labute approximate surface area is 141 Å². The van der Waals surface area contributed by atoms with Crippen LogP contribution in [0.2, 0.25) is 0 Å². The fourth-order valence-electron chi connectivity index (χ4n) is 1.91. The Kier molecular flexibility index (Phi) is 5.57. The summed E-state index contributed by atoms with van der Waals surface area (Å²) in [6.45, 7) is 1.38. The lowest BCUT2D eigenvalue weighted by Crippen LogP contribution is -2.06. The quantitative estimate of drug-likeness (QED) is 0.295. The average Bonchev–Trinajstić information content (AvgIpc) is 2.53.